The Balaban J connectivity index is 2.34. The van der Waals surface area contributed by atoms with Crippen molar-refractivity contribution in [3.63, 3.8) is 0 Å². The van der Waals surface area contributed by atoms with E-state index in [1.165, 1.54) is 14.2 Å². The van der Waals surface area contributed by atoms with Gasteiger partial charge < -0.3 is 9.47 Å². The lowest BCUT2D eigenvalue weighted by Gasteiger charge is -2.33. The zero-order chi connectivity index (χ0) is 11.6. The molecule has 0 amide bonds. The summed E-state index contributed by atoms with van der Waals surface area (Å²) in [6, 6.07) is 0. The van der Waals surface area contributed by atoms with Crippen LogP contribution in [0.2, 0.25) is 0 Å². The van der Waals surface area contributed by atoms with Crippen molar-refractivity contribution in [2.75, 3.05) is 14.2 Å². The third-order valence-corrected chi connectivity index (χ3v) is 4.49. The molecular formula is C11H12NO3S. The van der Waals surface area contributed by atoms with Gasteiger partial charge in [-0.05, 0) is 34.3 Å². The third kappa shape index (κ3) is 1.57. The summed E-state index contributed by atoms with van der Waals surface area (Å²) in [6.07, 6.45) is 11.5. The van der Waals surface area contributed by atoms with Crippen molar-refractivity contribution in [3.8, 4) is 0 Å². The molecule has 0 bridgehead atoms. The predicted molar refractivity (Wildman–Crippen MR) is 64.3 cm³/mol. The van der Waals surface area contributed by atoms with Crippen LogP contribution in [0.4, 0.5) is 0 Å². The van der Waals surface area contributed by atoms with Crippen molar-refractivity contribution in [1.29, 1.82) is 0 Å². The Labute approximate surface area is 96.9 Å². The van der Waals surface area contributed by atoms with Gasteiger partial charge in [-0.2, -0.15) is 0 Å². The van der Waals surface area contributed by atoms with Gasteiger partial charge in [-0.15, -0.1) is 0 Å². The van der Waals surface area contributed by atoms with Crippen molar-refractivity contribution in [2.24, 2.45) is 0 Å². The highest BCUT2D eigenvalue weighted by Gasteiger charge is 2.40. The van der Waals surface area contributed by atoms with Gasteiger partial charge in [0.05, 0.1) is 5.70 Å². The molecular weight excluding hydrogens is 226 g/mol. The summed E-state index contributed by atoms with van der Waals surface area (Å²) in [4.78, 5) is 11.1. The van der Waals surface area contributed by atoms with Gasteiger partial charge >= 0.3 is 5.12 Å². The number of methoxy groups -OCH3 is 2. The van der Waals surface area contributed by atoms with Gasteiger partial charge in [0.25, 0.3) is 6.29 Å². The fraction of sp³-hybridized carbons (Fsp3) is 0.273. The van der Waals surface area contributed by atoms with Gasteiger partial charge in [-0.25, -0.2) is 0 Å². The zero-order valence-corrected chi connectivity index (χ0v) is 9.86. The molecule has 0 spiro atoms. The summed E-state index contributed by atoms with van der Waals surface area (Å²) in [5, 5.41) is 0.543. The average molecular weight is 238 g/mol. The largest absolute Gasteiger partial charge is 0.337 e. The molecule has 0 fully saturated rings. The van der Waals surface area contributed by atoms with E-state index < -0.39 is 15.8 Å². The minimum Gasteiger partial charge on any atom is -0.337 e. The molecule has 4 nitrogen and oxygen atoms in total. The minimum atomic E-state index is -1.35. The molecule has 1 unspecified atom stereocenters. The standard InChI is InChI=1S/C11H12NO3S/c1-14-11(9-13,15-2)16-8-6-10-5-3-4-7-12(10)16/h3-8H,1-2H3. The number of allylic oxidation sites excluding steroid dienone is 4. The molecule has 2 heterocycles. The van der Waals surface area contributed by atoms with E-state index in [-0.39, 0.29) is 0 Å². The molecule has 85 valence electrons. The summed E-state index contributed by atoms with van der Waals surface area (Å²) in [6.45, 7) is 0. The maximum atomic E-state index is 11.1. The van der Waals surface area contributed by atoms with E-state index in [4.69, 9.17) is 9.47 Å². The van der Waals surface area contributed by atoms with Gasteiger partial charge in [0.1, 0.15) is 0 Å². The van der Waals surface area contributed by atoms with E-state index in [0.29, 0.717) is 0 Å². The third-order valence-electron chi connectivity index (χ3n) is 2.37. The second-order valence-electron chi connectivity index (χ2n) is 3.14. The normalized spacial score (nSPS) is 22.8. The van der Waals surface area contributed by atoms with Gasteiger partial charge in [0, 0.05) is 20.4 Å². The smallest absolute Gasteiger partial charge is 0.300 e. The molecule has 1 radical (unpaired) electrons. The van der Waals surface area contributed by atoms with E-state index in [2.05, 4.69) is 0 Å². The van der Waals surface area contributed by atoms with Crippen LogP contribution in [0.15, 0.2) is 36.2 Å². The first-order valence-electron chi connectivity index (χ1n) is 4.69. The number of hydrogen-bond acceptors (Lipinski definition) is 4. The topological polar surface area (TPSA) is 38.8 Å². The maximum absolute atomic E-state index is 11.1. The van der Waals surface area contributed by atoms with E-state index in [1.54, 1.807) is 0 Å². The van der Waals surface area contributed by atoms with Gasteiger partial charge in [-0.3, -0.25) is 9.10 Å². The highest BCUT2D eigenvalue weighted by Crippen LogP contribution is 2.42. The molecule has 0 aliphatic carbocycles. The molecule has 0 aromatic rings. The Morgan fingerprint density at radius 1 is 1.38 bits per heavy atom. The van der Waals surface area contributed by atoms with Crippen molar-refractivity contribution >= 4 is 22.3 Å². The number of nitrogens with zero attached hydrogens (tertiary/aromatic N) is 1. The van der Waals surface area contributed by atoms with Crippen LogP contribution in [-0.2, 0) is 14.3 Å². The summed E-state index contributed by atoms with van der Waals surface area (Å²) < 4.78 is 12.3. The van der Waals surface area contributed by atoms with Crippen LogP contribution < -0.4 is 0 Å². The highest BCUT2D eigenvalue weighted by atomic mass is 32.2. The number of rotatable bonds is 4. The number of fused-ring (bicyclic) bond motifs is 1. The first-order chi connectivity index (χ1) is 7.77. The fourth-order valence-electron chi connectivity index (χ4n) is 1.55. The van der Waals surface area contributed by atoms with Gasteiger partial charge in [0.15, 0.2) is 0 Å². The van der Waals surface area contributed by atoms with Crippen molar-refractivity contribution in [3.05, 3.63) is 36.2 Å². The van der Waals surface area contributed by atoms with Gasteiger partial charge in [0.2, 0.25) is 0 Å². The number of carbonyl (C=O) groups excluding carboxylic acids is 1. The van der Waals surface area contributed by atoms with E-state index in [9.17, 15) is 4.79 Å². The molecule has 0 aromatic heterocycles. The SMILES string of the molecule is COC([C]=O)(OC)S1=CC=C2C=CC=CN21. The minimum absolute atomic E-state index is 0.631. The fourth-order valence-corrected chi connectivity index (χ4v) is 3.36. The molecule has 2 rings (SSSR count). The zero-order valence-electron chi connectivity index (χ0n) is 9.04. The monoisotopic (exact) mass is 238 g/mol. The lowest BCUT2D eigenvalue weighted by atomic mass is 10.3. The summed E-state index contributed by atoms with van der Waals surface area (Å²) in [5.74, 6) is 0. The molecule has 0 N–H and O–H groups in total. The molecule has 5 heteroatoms. The molecule has 2 aliphatic rings. The predicted octanol–water partition coefficient (Wildman–Crippen LogP) is 1.31. The summed E-state index contributed by atoms with van der Waals surface area (Å²) >= 11 is 0. The molecule has 0 aromatic carbocycles. The number of ether oxygens (including phenoxy) is 2. The lowest BCUT2D eigenvalue weighted by Crippen LogP contribution is -2.36. The van der Waals surface area contributed by atoms with Crippen LogP contribution in [0.5, 0.6) is 0 Å². The molecule has 0 saturated carbocycles. The first-order valence-corrected chi connectivity index (χ1v) is 5.94. The molecule has 0 saturated heterocycles. The Morgan fingerprint density at radius 3 is 2.75 bits per heavy atom. The summed E-state index contributed by atoms with van der Waals surface area (Å²) in [7, 11) is 2.25. The second-order valence-corrected chi connectivity index (χ2v) is 4.97. The first kappa shape index (κ1) is 11.3. The molecule has 1 atom stereocenters. The van der Waals surface area contributed by atoms with Gasteiger partial charge in [-0.1, -0.05) is 6.08 Å². The van der Waals surface area contributed by atoms with Crippen LogP contribution in [0.25, 0.3) is 0 Å². The Bertz CT molecular complexity index is 419. The van der Waals surface area contributed by atoms with Crippen molar-refractivity contribution in [2.45, 2.75) is 5.12 Å². The molecule has 2 aliphatic heterocycles. The Morgan fingerprint density at radius 2 is 2.12 bits per heavy atom. The van der Waals surface area contributed by atoms with Crippen molar-refractivity contribution < 1.29 is 14.3 Å². The average Bonchev–Trinajstić information content (AvgIpc) is 2.77. The Kier molecular flexibility index (Phi) is 3.09. The van der Waals surface area contributed by atoms with Crippen LogP contribution in [0.1, 0.15) is 0 Å². The summed E-state index contributed by atoms with van der Waals surface area (Å²) in [5.41, 5.74) is 1.01. The van der Waals surface area contributed by atoms with Crippen LogP contribution >= 0.6 is 10.7 Å². The van der Waals surface area contributed by atoms with Crippen LogP contribution in [-0.4, -0.2) is 35.3 Å². The Hall–Kier alpha value is -1.17. The maximum Gasteiger partial charge on any atom is 0.300 e. The van der Waals surface area contributed by atoms with E-state index in [0.717, 1.165) is 5.70 Å². The number of hydrogen-bond donors (Lipinski definition) is 0. The van der Waals surface area contributed by atoms with E-state index >= 15 is 0 Å². The van der Waals surface area contributed by atoms with Crippen LogP contribution in [0, 0.1) is 0 Å². The quantitative estimate of drug-likeness (QED) is 0.547. The lowest BCUT2D eigenvalue weighted by molar-refractivity contribution is -0.0845. The second kappa shape index (κ2) is 4.37. The van der Waals surface area contributed by atoms with Crippen LogP contribution in [0.3, 0.4) is 0 Å². The molecule has 16 heavy (non-hydrogen) atoms. The van der Waals surface area contributed by atoms with E-state index in [1.807, 2.05) is 46.5 Å². The highest BCUT2D eigenvalue weighted by molar-refractivity contribution is 8.15. The van der Waals surface area contributed by atoms with Crippen molar-refractivity contribution in [1.82, 2.24) is 4.31 Å².